The summed E-state index contributed by atoms with van der Waals surface area (Å²) < 4.78 is 275. The van der Waals surface area contributed by atoms with Crippen LogP contribution in [0.15, 0.2) is 186 Å². The Balaban J connectivity index is 1.44. The van der Waals surface area contributed by atoms with Gasteiger partial charge in [0.05, 0.1) is 41.1 Å². The molecule has 0 saturated heterocycles. The third-order valence-corrected chi connectivity index (χ3v) is 7.82. The molecular weight excluding hydrogens is 593 g/mol. The van der Waals surface area contributed by atoms with E-state index in [-0.39, 0.29) is 0 Å². The first-order chi connectivity index (χ1) is 36.8. The minimum absolute atomic E-state index is 0.554. The molecule has 10 aromatic rings. The van der Waals surface area contributed by atoms with Crippen LogP contribution in [0.1, 0.15) is 41.1 Å². The van der Waals surface area contributed by atoms with Gasteiger partial charge in [0.25, 0.3) is 0 Å². The smallest absolute Gasteiger partial charge is 0.136 e. The van der Waals surface area contributed by atoms with Crippen LogP contribution in [-0.4, -0.2) is 0 Å². The molecule has 1 heterocycles. The molecule has 0 saturated carbocycles. The van der Waals surface area contributed by atoms with Crippen molar-refractivity contribution in [3.8, 4) is 44.5 Å². The Bertz CT molecular complexity index is 4460. The second-order valence-electron chi connectivity index (χ2n) is 10.5. The van der Waals surface area contributed by atoms with Gasteiger partial charge in [0.2, 0.25) is 0 Å². The highest BCUT2D eigenvalue weighted by atomic mass is 16.3. The Morgan fingerprint density at radius 1 is 0.327 bits per heavy atom. The van der Waals surface area contributed by atoms with Crippen LogP contribution < -0.4 is 0 Å². The van der Waals surface area contributed by atoms with Crippen molar-refractivity contribution in [3.63, 3.8) is 0 Å². The summed E-state index contributed by atoms with van der Waals surface area (Å²) in [6, 6.07) is -28.7. The predicted molar refractivity (Wildman–Crippen MR) is 208 cm³/mol. The molecule has 0 amide bonds. The number of hydrogen-bond acceptors (Lipinski definition) is 1. The summed E-state index contributed by atoms with van der Waals surface area (Å²) in [5, 5.41) is -5.49. The summed E-state index contributed by atoms with van der Waals surface area (Å²) in [6.45, 7) is 0. The van der Waals surface area contributed by atoms with E-state index < -0.39 is 280 Å². The summed E-state index contributed by atoms with van der Waals surface area (Å²) in [4.78, 5) is 0. The topological polar surface area (TPSA) is 13.1 Å². The molecule has 0 N–H and O–H groups in total. The number of fused-ring (bicyclic) bond motifs is 6. The molecule has 0 fully saturated rings. The maximum Gasteiger partial charge on any atom is 0.136 e. The van der Waals surface area contributed by atoms with Crippen molar-refractivity contribution in [2.75, 3.05) is 0 Å². The highest BCUT2D eigenvalue weighted by Gasteiger charge is 2.20. The van der Waals surface area contributed by atoms with Gasteiger partial charge in [-0.3, -0.25) is 0 Å². The molecule has 1 heteroatoms. The molecule has 1 aromatic heterocycles. The second kappa shape index (κ2) is 11.1. The van der Waals surface area contributed by atoms with Crippen molar-refractivity contribution >= 4 is 54.3 Å². The van der Waals surface area contributed by atoms with Gasteiger partial charge in [0.15, 0.2) is 0 Å². The van der Waals surface area contributed by atoms with Gasteiger partial charge in [-0.05, 0) is 101 Å². The fraction of sp³-hybridized carbons (Fsp3) is 0. The summed E-state index contributed by atoms with van der Waals surface area (Å²) in [5.74, 6) is 0. The molecule has 228 valence electrons. The third-order valence-electron chi connectivity index (χ3n) is 7.82. The molecule has 10 rings (SSSR count). The molecule has 0 spiro atoms. The van der Waals surface area contributed by atoms with Crippen LogP contribution in [0.2, 0.25) is 0 Å². The molecule has 1 nitrogen and oxygen atoms in total. The Morgan fingerprint density at radius 3 is 1.61 bits per heavy atom. The summed E-state index contributed by atoms with van der Waals surface area (Å²) in [7, 11) is 0. The van der Waals surface area contributed by atoms with Gasteiger partial charge < -0.3 is 4.42 Å². The monoisotopic (exact) mass is 652 g/mol. The van der Waals surface area contributed by atoms with E-state index in [0.717, 1.165) is 0 Å². The molecule has 49 heavy (non-hydrogen) atoms. The van der Waals surface area contributed by atoms with Crippen molar-refractivity contribution in [2.24, 2.45) is 0 Å². The third kappa shape index (κ3) is 4.47. The van der Waals surface area contributed by atoms with Crippen molar-refractivity contribution in [1.29, 1.82) is 0 Å². The van der Waals surface area contributed by atoms with Crippen LogP contribution in [0, 0.1) is 0 Å². The van der Waals surface area contributed by atoms with E-state index in [0.29, 0.717) is 0 Å². The predicted octanol–water partition coefficient (Wildman–Crippen LogP) is 13.7. The lowest BCUT2D eigenvalue weighted by atomic mass is 9.84. The van der Waals surface area contributed by atoms with E-state index >= 15 is 0 Å². The van der Waals surface area contributed by atoms with Crippen LogP contribution in [0.5, 0.6) is 0 Å². The molecule has 9 aromatic carbocycles. The molecule has 0 atom stereocenters. The van der Waals surface area contributed by atoms with Gasteiger partial charge in [0.1, 0.15) is 11.2 Å². The highest BCUT2D eigenvalue weighted by molar-refractivity contribution is 6.25. The molecular formula is C48H30O. The van der Waals surface area contributed by atoms with Crippen LogP contribution in [-0.2, 0) is 0 Å². The lowest BCUT2D eigenvalue weighted by molar-refractivity contribution is 0.669. The molecule has 0 aliphatic rings. The van der Waals surface area contributed by atoms with E-state index in [1.807, 2.05) is 0 Å². The first kappa shape index (κ1) is 11.1. The first-order valence-electron chi connectivity index (χ1n) is 29.4. The Labute approximate surface area is 326 Å². The number of hydrogen-bond donors (Lipinski definition) is 0. The average Bonchev–Trinajstić information content (AvgIpc) is 3.53. The summed E-state index contributed by atoms with van der Waals surface area (Å²) in [5.41, 5.74) is -7.65. The first-order valence-corrected chi connectivity index (χ1v) is 14.4. The Kier molecular flexibility index (Phi) is 2.50. The standard InChI is InChI=1S/C48H30O/c1-2-11-31(12-3-1)37-27-28-42-45(30-37)49-44-20-10-19-43(48(42)44)47-40-17-8-6-15-38(40)46(39-16-7-9-18-41(39)47)34-24-21-33(22-25-34)36-26-23-32-13-4-5-14-35(32)29-36/h1-30H/i1D,2D,3D,4D,5D,6D,7D,8D,9D,10D,11D,12D,13D,14D,15D,16D,17D,18D,19D,20D,21D,22D,23D,24D,25D,26D,27D,28D,29D,30D. The minimum atomic E-state index is -1.12. The minimum Gasteiger partial charge on any atom is -0.456 e. The van der Waals surface area contributed by atoms with E-state index in [1.165, 1.54) is 0 Å². The van der Waals surface area contributed by atoms with Gasteiger partial charge in [-0.15, -0.1) is 0 Å². The van der Waals surface area contributed by atoms with Gasteiger partial charge in [0, 0.05) is 10.8 Å². The largest absolute Gasteiger partial charge is 0.456 e. The van der Waals surface area contributed by atoms with Gasteiger partial charge in [-0.1, -0.05) is 157 Å². The maximum absolute atomic E-state index is 9.57. The lowest BCUT2D eigenvalue weighted by Gasteiger charge is -2.18. The fourth-order valence-corrected chi connectivity index (χ4v) is 5.73. The highest BCUT2D eigenvalue weighted by Crippen LogP contribution is 2.47. The zero-order valence-corrected chi connectivity index (χ0v) is 24.4. The zero-order valence-electron chi connectivity index (χ0n) is 54.4. The van der Waals surface area contributed by atoms with E-state index in [4.69, 9.17) is 29.1 Å². The maximum atomic E-state index is 9.57. The van der Waals surface area contributed by atoms with Crippen molar-refractivity contribution in [1.82, 2.24) is 0 Å². The van der Waals surface area contributed by atoms with Crippen LogP contribution in [0.25, 0.3) is 98.8 Å². The van der Waals surface area contributed by atoms with Gasteiger partial charge in [-0.2, -0.15) is 0 Å². The fourth-order valence-electron chi connectivity index (χ4n) is 5.73. The summed E-state index contributed by atoms with van der Waals surface area (Å²) in [6.07, 6.45) is 0. The zero-order chi connectivity index (χ0) is 58.4. The Morgan fingerprint density at radius 2 is 0.878 bits per heavy atom. The van der Waals surface area contributed by atoms with Gasteiger partial charge >= 0.3 is 0 Å². The summed E-state index contributed by atoms with van der Waals surface area (Å²) >= 11 is 0. The molecule has 0 radical (unpaired) electrons. The number of rotatable bonds is 4. The Hall–Kier alpha value is -6.44. The molecule has 0 aliphatic carbocycles. The van der Waals surface area contributed by atoms with Crippen LogP contribution in [0.4, 0.5) is 0 Å². The van der Waals surface area contributed by atoms with Crippen LogP contribution in [0.3, 0.4) is 0 Å². The average molecular weight is 653 g/mol. The van der Waals surface area contributed by atoms with Crippen molar-refractivity contribution < 1.29 is 45.5 Å². The molecule has 0 unspecified atom stereocenters. The van der Waals surface area contributed by atoms with Crippen molar-refractivity contribution in [2.45, 2.75) is 0 Å². The number of benzene rings is 9. The quantitative estimate of drug-likeness (QED) is 0.172. The van der Waals surface area contributed by atoms with E-state index in [9.17, 15) is 16.4 Å². The normalized spacial score (nSPS) is 20.2. The van der Waals surface area contributed by atoms with E-state index in [1.54, 1.807) is 0 Å². The van der Waals surface area contributed by atoms with Gasteiger partial charge in [-0.25, -0.2) is 0 Å². The molecule has 0 aliphatic heterocycles. The lowest BCUT2D eigenvalue weighted by Crippen LogP contribution is -1.91. The van der Waals surface area contributed by atoms with Crippen molar-refractivity contribution in [3.05, 3.63) is 181 Å². The number of furan rings is 1. The molecule has 0 bridgehead atoms. The SMILES string of the molecule is [2H]c1c([2H])c([2H])c(-c2c([2H])c([2H])c3c(oc4c([2H])c([2H])c([2H])c(-c5c6c([2H])c([2H])c([2H])c([2H])c6c(-c6c([2H])c([2H])c(-c7c([2H])c([2H])c8c([2H])c([2H])c([2H])c([2H])c8c7[2H])c([2H])c6[2H])c6c([2H])c([2H])c([2H])c([2H])c56)c43)c2[2H])c([2H])c1[2H]. The van der Waals surface area contributed by atoms with Crippen LogP contribution >= 0.6 is 0 Å². The van der Waals surface area contributed by atoms with E-state index in [2.05, 4.69) is 0 Å². The second-order valence-corrected chi connectivity index (χ2v) is 10.5.